The minimum absolute atomic E-state index is 0.124. The number of hydrogen-bond donors (Lipinski definition) is 3. The van der Waals surface area contributed by atoms with Gasteiger partial charge in [-0.05, 0) is 31.5 Å². The van der Waals surface area contributed by atoms with Crippen LogP contribution in [0.5, 0.6) is 0 Å². The maximum Gasteiger partial charge on any atom is 0.272 e. The Kier molecular flexibility index (Phi) is 4.88. The Morgan fingerprint density at radius 1 is 1.09 bits per heavy atom. The molecule has 2 heterocycles. The molecule has 23 heavy (non-hydrogen) atoms. The zero-order valence-electron chi connectivity index (χ0n) is 13.1. The van der Waals surface area contributed by atoms with Crippen LogP contribution in [0.25, 0.3) is 21.8 Å². The summed E-state index contributed by atoms with van der Waals surface area (Å²) >= 11 is 0. The number of nitrogens with two attached hydrogens (primary N) is 1. The standard InChI is InChI=1S/C18H22N4O/c19-10-5-1-2-6-11-21-18(23)17-16-14(9-12-20-17)13-7-3-4-8-15(13)22-16/h3-4,7-9,12,22H,1-2,5-6,10-11,19H2,(H,21,23). The average Bonchev–Trinajstić information content (AvgIpc) is 2.96. The molecule has 3 rings (SSSR count). The highest BCUT2D eigenvalue weighted by molar-refractivity contribution is 6.13. The number of aromatic nitrogens is 2. The summed E-state index contributed by atoms with van der Waals surface area (Å²) in [5.74, 6) is -0.124. The Labute approximate surface area is 135 Å². The Hall–Kier alpha value is -2.40. The van der Waals surface area contributed by atoms with E-state index in [1.165, 1.54) is 0 Å². The maximum atomic E-state index is 12.4. The SMILES string of the molecule is NCCCCCCNC(=O)c1nccc2c1[nH]c1ccccc12. The minimum atomic E-state index is -0.124. The molecular formula is C18H22N4O. The summed E-state index contributed by atoms with van der Waals surface area (Å²) < 4.78 is 0. The Morgan fingerprint density at radius 3 is 2.78 bits per heavy atom. The maximum absolute atomic E-state index is 12.4. The molecule has 0 aliphatic carbocycles. The molecule has 0 spiro atoms. The van der Waals surface area contributed by atoms with Gasteiger partial charge in [0.2, 0.25) is 0 Å². The van der Waals surface area contributed by atoms with Gasteiger partial charge >= 0.3 is 0 Å². The van der Waals surface area contributed by atoms with Crippen molar-refractivity contribution in [1.29, 1.82) is 0 Å². The smallest absolute Gasteiger partial charge is 0.272 e. The monoisotopic (exact) mass is 310 g/mol. The fourth-order valence-electron chi connectivity index (χ4n) is 2.86. The van der Waals surface area contributed by atoms with Crippen molar-refractivity contribution in [3.05, 3.63) is 42.2 Å². The first-order valence-electron chi connectivity index (χ1n) is 8.15. The number of amides is 1. The predicted molar refractivity (Wildman–Crippen MR) is 93.5 cm³/mol. The van der Waals surface area contributed by atoms with E-state index in [4.69, 9.17) is 5.73 Å². The first-order valence-corrected chi connectivity index (χ1v) is 8.15. The van der Waals surface area contributed by atoms with Crippen LogP contribution in [0.1, 0.15) is 36.2 Å². The molecule has 0 aliphatic heterocycles. The number of nitrogens with one attached hydrogen (secondary N) is 2. The fourth-order valence-corrected chi connectivity index (χ4v) is 2.86. The van der Waals surface area contributed by atoms with Crippen molar-refractivity contribution in [2.75, 3.05) is 13.1 Å². The molecule has 120 valence electrons. The van der Waals surface area contributed by atoms with E-state index in [1.54, 1.807) is 6.20 Å². The molecule has 5 heteroatoms. The van der Waals surface area contributed by atoms with Crippen LogP contribution in [0.2, 0.25) is 0 Å². The number of H-pyrrole nitrogens is 1. The van der Waals surface area contributed by atoms with Crippen LogP contribution < -0.4 is 11.1 Å². The fraction of sp³-hybridized carbons (Fsp3) is 0.333. The van der Waals surface area contributed by atoms with E-state index in [9.17, 15) is 4.79 Å². The third-order valence-corrected chi connectivity index (χ3v) is 4.06. The molecule has 4 N–H and O–H groups in total. The Bertz CT molecular complexity index is 809. The number of carbonyl (C=O) groups is 1. The second kappa shape index (κ2) is 7.24. The van der Waals surface area contributed by atoms with Crippen molar-refractivity contribution in [2.45, 2.75) is 25.7 Å². The third-order valence-electron chi connectivity index (χ3n) is 4.06. The van der Waals surface area contributed by atoms with Crippen molar-refractivity contribution in [2.24, 2.45) is 5.73 Å². The van der Waals surface area contributed by atoms with Gasteiger partial charge in [-0.2, -0.15) is 0 Å². The first-order chi connectivity index (χ1) is 11.3. The topological polar surface area (TPSA) is 83.8 Å². The van der Waals surface area contributed by atoms with Crippen molar-refractivity contribution in [3.8, 4) is 0 Å². The normalized spacial score (nSPS) is 11.2. The summed E-state index contributed by atoms with van der Waals surface area (Å²) in [7, 11) is 0. The summed E-state index contributed by atoms with van der Waals surface area (Å²) in [5, 5.41) is 5.10. The summed E-state index contributed by atoms with van der Waals surface area (Å²) in [4.78, 5) is 20.0. The Balaban J connectivity index is 1.73. The van der Waals surface area contributed by atoms with Crippen LogP contribution in [0.15, 0.2) is 36.5 Å². The lowest BCUT2D eigenvalue weighted by molar-refractivity contribution is 0.0949. The quantitative estimate of drug-likeness (QED) is 0.587. The van der Waals surface area contributed by atoms with Gasteiger partial charge in [0.25, 0.3) is 5.91 Å². The molecule has 3 aromatic rings. The zero-order valence-corrected chi connectivity index (χ0v) is 13.1. The molecule has 5 nitrogen and oxygen atoms in total. The number of nitrogens with zero attached hydrogens (tertiary/aromatic N) is 1. The van der Waals surface area contributed by atoms with Crippen LogP contribution in [0.4, 0.5) is 0 Å². The summed E-state index contributed by atoms with van der Waals surface area (Å²) in [6, 6.07) is 9.98. The second-order valence-corrected chi connectivity index (χ2v) is 5.71. The second-order valence-electron chi connectivity index (χ2n) is 5.71. The summed E-state index contributed by atoms with van der Waals surface area (Å²) in [6.45, 7) is 1.40. The number of pyridine rings is 1. The van der Waals surface area contributed by atoms with Crippen molar-refractivity contribution < 1.29 is 4.79 Å². The van der Waals surface area contributed by atoms with Crippen LogP contribution in [-0.2, 0) is 0 Å². The molecule has 0 unspecified atom stereocenters. The minimum Gasteiger partial charge on any atom is -0.353 e. The van der Waals surface area contributed by atoms with Crippen LogP contribution >= 0.6 is 0 Å². The van der Waals surface area contributed by atoms with Gasteiger partial charge in [0, 0.05) is 29.0 Å². The van der Waals surface area contributed by atoms with Gasteiger partial charge in [-0.25, -0.2) is 4.98 Å². The number of benzene rings is 1. The van der Waals surface area contributed by atoms with Crippen LogP contribution in [0.3, 0.4) is 0 Å². The largest absolute Gasteiger partial charge is 0.353 e. The number of aromatic amines is 1. The van der Waals surface area contributed by atoms with Gasteiger partial charge in [-0.3, -0.25) is 4.79 Å². The zero-order chi connectivity index (χ0) is 16.1. The van der Waals surface area contributed by atoms with E-state index < -0.39 is 0 Å². The van der Waals surface area contributed by atoms with Crippen molar-refractivity contribution in [1.82, 2.24) is 15.3 Å². The molecule has 1 amide bonds. The number of para-hydroxylation sites is 1. The van der Waals surface area contributed by atoms with Gasteiger partial charge in [0.05, 0.1) is 5.52 Å². The van der Waals surface area contributed by atoms with Crippen LogP contribution in [0, 0.1) is 0 Å². The molecule has 0 radical (unpaired) electrons. The average molecular weight is 310 g/mol. The number of hydrogen-bond acceptors (Lipinski definition) is 3. The van der Waals surface area contributed by atoms with E-state index in [-0.39, 0.29) is 5.91 Å². The molecular weight excluding hydrogens is 288 g/mol. The summed E-state index contributed by atoms with van der Waals surface area (Å²) in [6.07, 6.45) is 5.90. The lowest BCUT2D eigenvalue weighted by Crippen LogP contribution is -2.25. The van der Waals surface area contributed by atoms with Gasteiger partial charge < -0.3 is 16.0 Å². The molecule has 2 aromatic heterocycles. The molecule has 0 atom stereocenters. The number of unbranched alkanes of at least 4 members (excludes halogenated alkanes) is 3. The van der Waals surface area contributed by atoms with Gasteiger partial charge in [-0.1, -0.05) is 31.0 Å². The first kappa shape index (κ1) is 15.5. The van der Waals surface area contributed by atoms with Crippen molar-refractivity contribution in [3.63, 3.8) is 0 Å². The van der Waals surface area contributed by atoms with E-state index >= 15 is 0 Å². The third kappa shape index (κ3) is 3.35. The highest BCUT2D eigenvalue weighted by Crippen LogP contribution is 2.26. The number of carbonyl (C=O) groups excluding carboxylic acids is 1. The molecule has 0 fully saturated rings. The van der Waals surface area contributed by atoms with E-state index in [2.05, 4.69) is 15.3 Å². The number of rotatable bonds is 7. The number of fused-ring (bicyclic) bond motifs is 3. The summed E-state index contributed by atoms with van der Waals surface area (Å²) in [5.41, 5.74) is 7.75. The van der Waals surface area contributed by atoms with Gasteiger partial charge in [0.15, 0.2) is 5.69 Å². The van der Waals surface area contributed by atoms with Gasteiger partial charge in [-0.15, -0.1) is 0 Å². The molecule has 0 saturated heterocycles. The van der Waals surface area contributed by atoms with Crippen molar-refractivity contribution >= 4 is 27.7 Å². The van der Waals surface area contributed by atoms with E-state index in [0.717, 1.165) is 54.0 Å². The molecule has 1 aromatic carbocycles. The molecule has 0 bridgehead atoms. The molecule has 0 aliphatic rings. The Morgan fingerprint density at radius 2 is 1.91 bits per heavy atom. The lowest BCUT2D eigenvalue weighted by Gasteiger charge is -2.05. The van der Waals surface area contributed by atoms with Crippen LogP contribution in [-0.4, -0.2) is 29.0 Å². The van der Waals surface area contributed by atoms with E-state index in [1.807, 2.05) is 30.3 Å². The van der Waals surface area contributed by atoms with Gasteiger partial charge in [0.1, 0.15) is 0 Å². The molecule has 0 saturated carbocycles. The highest BCUT2D eigenvalue weighted by Gasteiger charge is 2.14. The lowest BCUT2D eigenvalue weighted by atomic mass is 10.1. The predicted octanol–water partition coefficient (Wildman–Crippen LogP) is 2.97. The van der Waals surface area contributed by atoms with E-state index in [0.29, 0.717) is 12.2 Å². The highest BCUT2D eigenvalue weighted by atomic mass is 16.1.